The van der Waals surface area contributed by atoms with Gasteiger partial charge in [-0.25, -0.2) is 4.98 Å². The minimum absolute atomic E-state index is 0.657. The molecular weight excluding hydrogens is 292 g/mol. The normalized spacial score (nSPS) is 10.7. The van der Waals surface area contributed by atoms with Crippen molar-refractivity contribution in [2.45, 2.75) is 6.54 Å². The fraction of sp³-hybridized carbons (Fsp3) is 0.0769. The molecule has 0 unspecified atom stereocenters. The lowest BCUT2D eigenvalue weighted by Gasteiger charge is -2.07. The van der Waals surface area contributed by atoms with Crippen LogP contribution in [0.5, 0.6) is 0 Å². The molecule has 3 aromatic rings. The van der Waals surface area contributed by atoms with E-state index in [1.54, 1.807) is 12.4 Å². The molecule has 2 aromatic heterocycles. The van der Waals surface area contributed by atoms with Crippen LogP contribution in [0.25, 0.3) is 10.9 Å². The van der Waals surface area contributed by atoms with Gasteiger partial charge in [0.05, 0.1) is 17.7 Å². The monoisotopic (exact) mass is 302 g/mol. The molecule has 0 saturated heterocycles. The second-order valence-electron chi connectivity index (χ2n) is 3.92. The Labute approximate surface area is 113 Å². The highest BCUT2D eigenvalue weighted by Crippen LogP contribution is 2.24. The van der Waals surface area contributed by atoms with E-state index in [0.29, 0.717) is 6.54 Å². The lowest BCUT2D eigenvalue weighted by molar-refractivity contribution is 1.00. The molecule has 18 heavy (non-hydrogen) atoms. The van der Waals surface area contributed by atoms with Gasteiger partial charge in [0.25, 0.3) is 0 Å². The van der Waals surface area contributed by atoms with Gasteiger partial charge < -0.3 is 10.3 Å². The van der Waals surface area contributed by atoms with Crippen LogP contribution in [-0.4, -0.2) is 15.0 Å². The van der Waals surface area contributed by atoms with E-state index in [1.807, 2.05) is 24.4 Å². The fourth-order valence-electron chi connectivity index (χ4n) is 1.85. The molecule has 0 aliphatic heterocycles. The summed E-state index contributed by atoms with van der Waals surface area (Å²) in [6, 6.07) is 8.14. The summed E-state index contributed by atoms with van der Waals surface area (Å²) < 4.78 is 0.984. The molecule has 90 valence electrons. The Hall–Kier alpha value is -1.88. The van der Waals surface area contributed by atoms with Gasteiger partial charge in [-0.3, -0.25) is 4.98 Å². The lowest BCUT2D eigenvalue weighted by atomic mass is 10.2. The van der Waals surface area contributed by atoms with Crippen molar-refractivity contribution in [2.75, 3.05) is 5.32 Å². The summed E-state index contributed by atoms with van der Waals surface area (Å²) >= 11 is 3.43. The fourth-order valence-corrected chi connectivity index (χ4v) is 2.20. The summed E-state index contributed by atoms with van der Waals surface area (Å²) in [5.74, 6) is 0.907. The first-order valence-electron chi connectivity index (χ1n) is 5.59. The van der Waals surface area contributed by atoms with E-state index in [9.17, 15) is 0 Å². The maximum Gasteiger partial charge on any atom is 0.125 e. The molecule has 0 aliphatic carbocycles. The van der Waals surface area contributed by atoms with Gasteiger partial charge in [0, 0.05) is 28.4 Å². The average Bonchev–Trinajstić information content (AvgIpc) is 2.89. The van der Waals surface area contributed by atoms with Crippen molar-refractivity contribution in [3.05, 3.63) is 53.2 Å². The summed E-state index contributed by atoms with van der Waals surface area (Å²) in [7, 11) is 0. The highest BCUT2D eigenvalue weighted by Gasteiger charge is 2.03. The second kappa shape index (κ2) is 4.78. The summed E-state index contributed by atoms with van der Waals surface area (Å²) in [5.41, 5.74) is 1.98. The van der Waals surface area contributed by atoms with E-state index in [-0.39, 0.29) is 0 Å². The second-order valence-corrected chi connectivity index (χ2v) is 4.84. The molecule has 0 aliphatic rings. The van der Waals surface area contributed by atoms with Gasteiger partial charge in [-0.2, -0.15) is 0 Å². The van der Waals surface area contributed by atoms with Gasteiger partial charge >= 0.3 is 0 Å². The van der Waals surface area contributed by atoms with Gasteiger partial charge in [-0.05, 0) is 28.1 Å². The zero-order chi connectivity index (χ0) is 12.4. The Balaban J connectivity index is 1.92. The van der Waals surface area contributed by atoms with Gasteiger partial charge in [0.15, 0.2) is 0 Å². The topological polar surface area (TPSA) is 53.6 Å². The summed E-state index contributed by atoms with van der Waals surface area (Å²) in [5, 5.41) is 4.44. The van der Waals surface area contributed by atoms with Crippen LogP contribution >= 0.6 is 15.9 Å². The number of aromatic nitrogens is 3. The first kappa shape index (κ1) is 11.2. The van der Waals surface area contributed by atoms with Crippen molar-refractivity contribution in [1.29, 1.82) is 0 Å². The number of benzene rings is 1. The van der Waals surface area contributed by atoms with Crippen molar-refractivity contribution >= 4 is 32.5 Å². The Kier molecular flexibility index (Phi) is 2.98. The summed E-state index contributed by atoms with van der Waals surface area (Å²) in [6.07, 6.45) is 5.37. The number of fused-ring (bicyclic) bond motifs is 1. The Morgan fingerprint density at radius 1 is 1.28 bits per heavy atom. The molecule has 0 fully saturated rings. The van der Waals surface area contributed by atoms with Gasteiger partial charge in [-0.15, -0.1) is 0 Å². The van der Waals surface area contributed by atoms with Gasteiger partial charge in [0.2, 0.25) is 0 Å². The Morgan fingerprint density at radius 2 is 2.22 bits per heavy atom. The van der Waals surface area contributed by atoms with Gasteiger partial charge in [-0.1, -0.05) is 12.1 Å². The minimum Gasteiger partial charge on any atom is -0.376 e. The van der Waals surface area contributed by atoms with E-state index in [1.165, 1.54) is 0 Å². The number of imidazole rings is 1. The highest BCUT2D eigenvalue weighted by atomic mass is 79.9. The standard InChI is InChI=1S/C13H11BrN4/c14-10-6-9-2-1-3-11(13(9)18-7-10)17-8-12-15-4-5-16-12/h1-7,17H,8H2,(H,15,16). The van der Waals surface area contributed by atoms with Gasteiger partial charge in [0.1, 0.15) is 5.82 Å². The molecular formula is C13H11BrN4. The molecule has 5 heteroatoms. The van der Waals surface area contributed by atoms with Crippen LogP contribution in [0.1, 0.15) is 5.82 Å². The Morgan fingerprint density at radius 3 is 3.06 bits per heavy atom. The number of aromatic amines is 1. The minimum atomic E-state index is 0.657. The average molecular weight is 303 g/mol. The molecule has 1 aromatic carbocycles. The first-order valence-corrected chi connectivity index (χ1v) is 6.38. The number of hydrogen-bond acceptors (Lipinski definition) is 3. The number of para-hydroxylation sites is 1. The SMILES string of the molecule is Brc1cnc2c(NCc3ncc[nH]3)cccc2c1. The van der Waals surface area contributed by atoms with E-state index < -0.39 is 0 Å². The van der Waals surface area contributed by atoms with E-state index in [2.05, 4.69) is 42.3 Å². The van der Waals surface area contributed by atoms with Crippen molar-refractivity contribution < 1.29 is 0 Å². The van der Waals surface area contributed by atoms with Crippen LogP contribution in [-0.2, 0) is 6.54 Å². The number of nitrogens with zero attached hydrogens (tertiary/aromatic N) is 2. The van der Waals surface area contributed by atoms with E-state index in [4.69, 9.17) is 0 Å². The molecule has 0 bridgehead atoms. The summed E-state index contributed by atoms with van der Waals surface area (Å²) in [6.45, 7) is 0.657. The maximum atomic E-state index is 4.44. The Bertz CT molecular complexity index is 664. The number of pyridine rings is 1. The predicted molar refractivity (Wildman–Crippen MR) is 75.4 cm³/mol. The molecule has 3 rings (SSSR count). The maximum absolute atomic E-state index is 4.44. The van der Waals surface area contributed by atoms with Crippen molar-refractivity contribution in [2.24, 2.45) is 0 Å². The number of nitrogens with one attached hydrogen (secondary N) is 2. The van der Waals surface area contributed by atoms with Crippen molar-refractivity contribution in [1.82, 2.24) is 15.0 Å². The zero-order valence-corrected chi connectivity index (χ0v) is 11.1. The van der Waals surface area contributed by atoms with E-state index in [0.717, 1.165) is 26.9 Å². The third-order valence-electron chi connectivity index (χ3n) is 2.68. The number of hydrogen-bond donors (Lipinski definition) is 2. The number of rotatable bonds is 3. The van der Waals surface area contributed by atoms with Crippen molar-refractivity contribution in [3.63, 3.8) is 0 Å². The molecule has 2 heterocycles. The molecule has 0 saturated carbocycles. The molecule has 0 atom stereocenters. The van der Waals surface area contributed by atoms with Crippen LogP contribution in [0.3, 0.4) is 0 Å². The van der Waals surface area contributed by atoms with Crippen molar-refractivity contribution in [3.8, 4) is 0 Å². The predicted octanol–water partition coefficient (Wildman–Crippen LogP) is 3.33. The molecule has 4 nitrogen and oxygen atoms in total. The molecule has 0 radical (unpaired) electrons. The van der Waals surface area contributed by atoms with Crippen LogP contribution < -0.4 is 5.32 Å². The number of anilines is 1. The van der Waals surface area contributed by atoms with Crippen LogP contribution in [0, 0.1) is 0 Å². The molecule has 0 spiro atoms. The van der Waals surface area contributed by atoms with Crippen LogP contribution in [0.4, 0.5) is 5.69 Å². The smallest absolute Gasteiger partial charge is 0.125 e. The number of H-pyrrole nitrogens is 1. The molecule has 2 N–H and O–H groups in total. The van der Waals surface area contributed by atoms with Crippen LogP contribution in [0.2, 0.25) is 0 Å². The third-order valence-corrected chi connectivity index (χ3v) is 3.11. The quantitative estimate of drug-likeness (QED) is 0.780. The highest BCUT2D eigenvalue weighted by molar-refractivity contribution is 9.10. The molecule has 0 amide bonds. The largest absolute Gasteiger partial charge is 0.376 e. The zero-order valence-electron chi connectivity index (χ0n) is 9.52. The first-order chi connectivity index (χ1) is 8.83. The summed E-state index contributed by atoms with van der Waals surface area (Å²) in [4.78, 5) is 11.7. The third kappa shape index (κ3) is 2.22. The van der Waals surface area contributed by atoms with Crippen LogP contribution in [0.15, 0.2) is 47.3 Å². The number of halogens is 1. The lowest BCUT2D eigenvalue weighted by Crippen LogP contribution is -2.02. The van der Waals surface area contributed by atoms with E-state index >= 15 is 0 Å².